The van der Waals surface area contributed by atoms with Gasteiger partial charge in [-0.3, -0.25) is 14.4 Å². The molecule has 0 saturated carbocycles. The third-order valence-corrected chi connectivity index (χ3v) is 8.23. The topological polar surface area (TPSA) is 79.0 Å². The van der Waals surface area contributed by atoms with Gasteiger partial charge in [-0.1, -0.05) is 40.2 Å². The van der Waals surface area contributed by atoms with E-state index in [1.807, 2.05) is 46.2 Å². The Morgan fingerprint density at radius 3 is 2.08 bits per heavy atom. The number of carbonyl (C=O) groups is 3. The van der Waals surface area contributed by atoms with Gasteiger partial charge in [0.15, 0.2) is 0 Å². The smallest absolute Gasteiger partial charge is 0.253 e. The number of hydrogen-bond acceptors (Lipinski definition) is 4. The van der Waals surface area contributed by atoms with E-state index in [-0.39, 0.29) is 17.7 Å². The molecule has 0 spiro atoms. The highest BCUT2D eigenvalue weighted by atomic mass is 79.9. The van der Waals surface area contributed by atoms with E-state index in [0.29, 0.717) is 60.6 Å². The average Bonchev–Trinajstić information content (AvgIpc) is 3.24. The molecule has 0 bridgehead atoms. The van der Waals surface area contributed by atoms with Crippen LogP contribution in [0, 0.1) is 11.8 Å². The molecule has 2 atom stereocenters. The summed E-state index contributed by atoms with van der Waals surface area (Å²) < 4.78 is 6.34. The summed E-state index contributed by atoms with van der Waals surface area (Å²) in [7, 11) is 1.53. The van der Waals surface area contributed by atoms with Crippen molar-refractivity contribution >= 4 is 39.3 Å². The van der Waals surface area contributed by atoms with E-state index < -0.39 is 0 Å². The molecule has 8 heteroatoms. The Bertz CT molecular complexity index is 1370. The Labute approximate surface area is 237 Å². The Morgan fingerprint density at radius 1 is 0.821 bits per heavy atom. The van der Waals surface area contributed by atoms with Gasteiger partial charge in [-0.15, -0.1) is 0 Å². The second-order valence-corrected chi connectivity index (χ2v) is 11.2. The van der Waals surface area contributed by atoms with Gasteiger partial charge in [0.1, 0.15) is 5.75 Å². The Hall–Kier alpha value is -3.65. The van der Waals surface area contributed by atoms with Crippen molar-refractivity contribution in [2.45, 2.75) is 19.8 Å². The van der Waals surface area contributed by atoms with Crippen molar-refractivity contribution in [1.29, 1.82) is 0 Å². The number of methoxy groups -OCH3 is 1. The molecular formula is C31H32BrN3O4. The van der Waals surface area contributed by atoms with Crippen LogP contribution in [0.1, 0.15) is 40.5 Å². The maximum absolute atomic E-state index is 13.3. The highest BCUT2D eigenvalue weighted by Gasteiger charge is 2.38. The molecule has 1 N–H and O–H groups in total. The number of carbonyl (C=O) groups excluding carboxylic acids is 3. The fourth-order valence-corrected chi connectivity index (χ4v) is 6.08. The lowest BCUT2D eigenvalue weighted by Crippen LogP contribution is -2.34. The maximum Gasteiger partial charge on any atom is 0.253 e. The van der Waals surface area contributed by atoms with Crippen molar-refractivity contribution in [3.63, 3.8) is 0 Å². The highest BCUT2D eigenvalue weighted by molar-refractivity contribution is 9.10. The molecule has 0 unspecified atom stereocenters. The van der Waals surface area contributed by atoms with Crippen molar-refractivity contribution in [1.82, 2.24) is 9.80 Å². The van der Waals surface area contributed by atoms with Crippen LogP contribution in [0.4, 0.5) is 5.69 Å². The number of nitrogens with zero attached hydrogens (tertiary/aromatic N) is 2. The highest BCUT2D eigenvalue weighted by Crippen LogP contribution is 2.34. The quantitative estimate of drug-likeness (QED) is 0.413. The number of rotatable bonds is 5. The first kappa shape index (κ1) is 26.9. The molecule has 3 aromatic rings. The number of anilines is 1. The summed E-state index contributed by atoms with van der Waals surface area (Å²) in [5.74, 6) is 1.03. The zero-order chi connectivity index (χ0) is 27.5. The van der Waals surface area contributed by atoms with Crippen LogP contribution >= 0.6 is 15.9 Å². The van der Waals surface area contributed by atoms with Gasteiger partial charge in [0, 0.05) is 48.7 Å². The summed E-state index contributed by atoms with van der Waals surface area (Å²) in [5.41, 5.74) is 3.89. The molecule has 0 aromatic heterocycles. The van der Waals surface area contributed by atoms with Crippen LogP contribution in [-0.4, -0.2) is 60.8 Å². The van der Waals surface area contributed by atoms with E-state index in [1.54, 1.807) is 18.2 Å². The van der Waals surface area contributed by atoms with E-state index in [4.69, 9.17) is 4.74 Å². The first-order chi connectivity index (χ1) is 18.8. The van der Waals surface area contributed by atoms with Crippen molar-refractivity contribution in [3.8, 4) is 16.9 Å². The largest absolute Gasteiger partial charge is 0.495 e. The van der Waals surface area contributed by atoms with Crippen molar-refractivity contribution in [3.05, 3.63) is 82.3 Å². The predicted octanol–water partition coefficient (Wildman–Crippen LogP) is 5.71. The predicted molar refractivity (Wildman–Crippen MR) is 155 cm³/mol. The SMILES string of the molecule is COc1ccc(C(=O)N2C[C@H]3CCN(C(=O)c4ccc(-c5cccc(Br)c5)cc4)CC[C@H]3C2)cc1NC(C)=O. The van der Waals surface area contributed by atoms with Gasteiger partial charge < -0.3 is 19.9 Å². The van der Waals surface area contributed by atoms with Crippen LogP contribution in [0.15, 0.2) is 71.2 Å². The molecule has 2 aliphatic heterocycles. The van der Waals surface area contributed by atoms with Gasteiger partial charge in [-0.25, -0.2) is 0 Å². The fraction of sp³-hybridized carbons (Fsp3) is 0.323. The number of fused-ring (bicyclic) bond motifs is 1. The van der Waals surface area contributed by atoms with E-state index in [1.165, 1.54) is 14.0 Å². The summed E-state index contributed by atoms with van der Waals surface area (Å²) in [6.07, 6.45) is 1.74. The molecular weight excluding hydrogens is 558 g/mol. The molecule has 39 heavy (non-hydrogen) atoms. The summed E-state index contributed by atoms with van der Waals surface area (Å²) >= 11 is 3.52. The Morgan fingerprint density at radius 2 is 1.46 bits per heavy atom. The lowest BCUT2D eigenvalue weighted by Gasteiger charge is -2.23. The number of halogens is 1. The summed E-state index contributed by atoms with van der Waals surface area (Å²) in [5, 5.41) is 2.74. The van der Waals surface area contributed by atoms with Crippen LogP contribution in [-0.2, 0) is 4.79 Å². The molecule has 3 aromatic carbocycles. The van der Waals surface area contributed by atoms with Crippen molar-refractivity contribution in [2.75, 3.05) is 38.6 Å². The second kappa shape index (κ2) is 11.6. The fourth-order valence-electron chi connectivity index (χ4n) is 5.68. The zero-order valence-electron chi connectivity index (χ0n) is 22.2. The third-order valence-electron chi connectivity index (χ3n) is 7.74. The van der Waals surface area contributed by atoms with E-state index >= 15 is 0 Å². The lowest BCUT2D eigenvalue weighted by atomic mass is 9.92. The molecule has 202 valence electrons. The van der Waals surface area contributed by atoms with Crippen LogP contribution in [0.2, 0.25) is 0 Å². The number of nitrogens with one attached hydrogen (secondary N) is 1. The summed E-state index contributed by atoms with van der Waals surface area (Å²) in [6.45, 7) is 4.15. The van der Waals surface area contributed by atoms with E-state index in [9.17, 15) is 14.4 Å². The van der Waals surface area contributed by atoms with Gasteiger partial charge in [0.05, 0.1) is 12.8 Å². The normalized spacial score (nSPS) is 18.7. The Balaban J connectivity index is 1.20. The molecule has 2 fully saturated rings. The molecule has 5 rings (SSSR count). The second-order valence-electron chi connectivity index (χ2n) is 10.3. The van der Waals surface area contributed by atoms with E-state index in [2.05, 4.69) is 33.4 Å². The number of hydrogen-bond donors (Lipinski definition) is 1. The molecule has 2 aliphatic rings. The number of benzene rings is 3. The van der Waals surface area contributed by atoms with Crippen molar-refractivity contribution < 1.29 is 19.1 Å². The van der Waals surface area contributed by atoms with Crippen LogP contribution in [0.25, 0.3) is 11.1 Å². The maximum atomic E-state index is 13.3. The first-order valence-corrected chi connectivity index (χ1v) is 14.0. The number of ether oxygens (including phenoxy) is 1. The first-order valence-electron chi connectivity index (χ1n) is 13.2. The van der Waals surface area contributed by atoms with Gasteiger partial charge in [-0.2, -0.15) is 0 Å². The minimum atomic E-state index is -0.221. The van der Waals surface area contributed by atoms with Gasteiger partial charge in [-0.05, 0) is 78.3 Å². The monoisotopic (exact) mass is 589 g/mol. The van der Waals surface area contributed by atoms with Gasteiger partial charge >= 0.3 is 0 Å². The van der Waals surface area contributed by atoms with Gasteiger partial charge in [0.25, 0.3) is 11.8 Å². The number of likely N-dealkylation sites (tertiary alicyclic amines) is 2. The molecule has 0 aliphatic carbocycles. The Kier molecular flexibility index (Phi) is 8.02. The third kappa shape index (κ3) is 6.01. The standard InChI is InChI=1S/C31H32BrN3O4/c1-20(36)33-28-17-24(10-11-29(28)39-2)31(38)35-18-25-12-14-34(15-13-26(25)19-35)30(37)22-8-6-21(7-9-22)23-4-3-5-27(32)16-23/h3-11,16-17,25-26H,12-15,18-19H2,1-2H3,(H,33,36)/t25-,26+. The summed E-state index contributed by atoms with van der Waals surface area (Å²) in [6, 6.07) is 21.1. The van der Waals surface area contributed by atoms with Crippen LogP contribution < -0.4 is 10.1 Å². The summed E-state index contributed by atoms with van der Waals surface area (Å²) in [4.78, 5) is 42.1. The van der Waals surface area contributed by atoms with Crippen LogP contribution in [0.5, 0.6) is 5.75 Å². The molecule has 2 saturated heterocycles. The van der Waals surface area contributed by atoms with Gasteiger partial charge in [0.2, 0.25) is 5.91 Å². The molecule has 2 heterocycles. The number of amides is 3. The molecule has 0 radical (unpaired) electrons. The minimum Gasteiger partial charge on any atom is -0.495 e. The lowest BCUT2D eigenvalue weighted by molar-refractivity contribution is -0.114. The average molecular weight is 591 g/mol. The minimum absolute atomic E-state index is 0.0456. The molecule has 7 nitrogen and oxygen atoms in total. The molecule has 3 amide bonds. The van der Waals surface area contributed by atoms with E-state index in [0.717, 1.165) is 28.4 Å². The zero-order valence-corrected chi connectivity index (χ0v) is 23.7. The van der Waals surface area contributed by atoms with Crippen molar-refractivity contribution in [2.24, 2.45) is 11.8 Å². The van der Waals surface area contributed by atoms with Crippen LogP contribution in [0.3, 0.4) is 0 Å².